The second-order valence-electron chi connectivity index (χ2n) is 11.6. The smallest absolute Gasteiger partial charge is 0.411 e. The highest BCUT2D eigenvalue weighted by atomic mass is 16.5. The van der Waals surface area contributed by atoms with Crippen LogP contribution in [0.3, 0.4) is 0 Å². The van der Waals surface area contributed by atoms with Gasteiger partial charge in [-0.15, -0.1) is 10.2 Å². The number of rotatable bonds is 10. The Kier molecular flexibility index (Phi) is 8.80. The van der Waals surface area contributed by atoms with Gasteiger partial charge in [-0.05, 0) is 44.4 Å². The summed E-state index contributed by atoms with van der Waals surface area (Å²) >= 11 is 0. The van der Waals surface area contributed by atoms with E-state index in [4.69, 9.17) is 8.83 Å². The molecule has 46 heavy (non-hydrogen) atoms. The molecule has 1 atom stereocenters. The Bertz CT molecular complexity index is 1980. The summed E-state index contributed by atoms with van der Waals surface area (Å²) in [6, 6.07) is 13.3. The summed E-state index contributed by atoms with van der Waals surface area (Å²) in [7, 11) is 1.15. The molecule has 2 N–H and O–H groups in total. The molecular weight excluding hydrogens is 594 g/mol. The largest absolute Gasteiger partial charge is 0.453 e. The van der Waals surface area contributed by atoms with E-state index in [-0.39, 0.29) is 23.3 Å². The van der Waals surface area contributed by atoms with E-state index >= 15 is 0 Å². The maximum Gasteiger partial charge on any atom is 0.411 e. The predicted molar refractivity (Wildman–Crippen MR) is 166 cm³/mol. The van der Waals surface area contributed by atoms with Crippen molar-refractivity contribution >= 4 is 34.6 Å². The van der Waals surface area contributed by atoms with Crippen LogP contribution in [0.2, 0.25) is 0 Å². The van der Waals surface area contributed by atoms with Crippen molar-refractivity contribution in [1.82, 2.24) is 30.0 Å². The summed E-state index contributed by atoms with van der Waals surface area (Å²) in [5, 5.41) is 13.1. The topological polar surface area (TPSA) is 184 Å². The van der Waals surface area contributed by atoms with Gasteiger partial charge in [0.05, 0.1) is 19.3 Å². The first-order valence-electron chi connectivity index (χ1n) is 14.4. The zero-order valence-electron chi connectivity index (χ0n) is 26.2. The van der Waals surface area contributed by atoms with Crippen molar-refractivity contribution in [3.8, 4) is 11.4 Å². The minimum Gasteiger partial charge on any atom is -0.453 e. The van der Waals surface area contributed by atoms with Crippen molar-refractivity contribution in [3.05, 3.63) is 88.3 Å². The summed E-state index contributed by atoms with van der Waals surface area (Å²) in [5.74, 6) is -1.35. The van der Waals surface area contributed by atoms with Crippen molar-refractivity contribution in [1.29, 1.82) is 0 Å². The van der Waals surface area contributed by atoms with Gasteiger partial charge in [0.25, 0.3) is 11.4 Å². The number of oxazole rings is 1. The van der Waals surface area contributed by atoms with Crippen LogP contribution in [0, 0.1) is 12.8 Å². The molecule has 0 aliphatic heterocycles. The molecule has 3 heterocycles. The lowest BCUT2D eigenvalue weighted by Crippen LogP contribution is -2.46. The molecule has 0 spiro atoms. The molecule has 14 heteroatoms. The van der Waals surface area contributed by atoms with Crippen LogP contribution in [0.1, 0.15) is 55.7 Å². The number of amides is 2. The van der Waals surface area contributed by atoms with E-state index in [2.05, 4.69) is 35.5 Å². The lowest BCUT2D eigenvalue weighted by atomic mass is 9.93. The molecule has 5 aromatic rings. The zero-order valence-corrected chi connectivity index (χ0v) is 26.2. The maximum absolute atomic E-state index is 13.6. The Morgan fingerprint density at radius 1 is 1.02 bits per heavy atom. The number of carbonyl (C=O) groups excluding carboxylic acids is 3. The van der Waals surface area contributed by atoms with Crippen molar-refractivity contribution in [3.63, 3.8) is 0 Å². The molecule has 14 nitrogen and oxygen atoms in total. The average molecular weight is 628 g/mol. The Morgan fingerprint density at radius 2 is 1.76 bits per heavy atom. The van der Waals surface area contributed by atoms with Crippen molar-refractivity contribution in [2.24, 2.45) is 5.92 Å². The average Bonchev–Trinajstić information content (AvgIpc) is 3.70. The first kappa shape index (κ1) is 31.8. The molecule has 0 unspecified atom stereocenters. The Balaban J connectivity index is 1.39. The number of fused-ring (bicyclic) bond motifs is 1. The number of methoxy groups -OCH3 is 1. The van der Waals surface area contributed by atoms with E-state index < -0.39 is 47.3 Å². The third kappa shape index (κ3) is 6.41. The van der Waals surface area contributed by atoms with Crippen LogP contribution in [0.4, 0.5) is 10.5 Å². The minimum atomic E-state index is -1.07. The van der Waals surface area contributed by atoms with Crippen LogP contribution in [0.5, 0.6) is 0 Å². The normalized spacial score (nSPS) is 12.2. The summed E-state index contributed by atoms with van der Waals surface area (Å²) in [4.78, 5) is 61.0. The van der Waals surface area contributed by atoms with E-state index in [0.717, 1.165) is 17.2 Å². The first-order valence-corrected chi connectivity index (χ1v) is 14.4. The molecule has 0 fully saturated rings. The van der Waals surface area contributed by atoms with E-state index in [0.29, 0.717) is 22.6 Å². The fourth-order valence-corrected chi connectivity index (χ4v) is 4.70. The Labute approximate surface area is 263 Å². The number of benzene rings is 2. The summed E-state index contributed by atoms with van der Waals surface area (Å²) in [6.07, 6.45) is 0.314. The molecule has 0 saturated carbocycles. The standard InChI is InChI=1S/C32H33N7O7/c1-17(2)24(25(41)27-37-38-30(46-27)32(4,5)29-34-20-13-12-18(3)14-22(20)45-29)36-23(40)16-39-26(19-10-8-7-9-11-19)33-15-21(28(39)42)35-31(43)44-6/h7-15,17,24H,16H2,1-6H3,(H,35,43)(H,36,40)/t24-/m0/s1. The fourth-order valence-electron chi connectivity index (χ4n) is 4.70. The van der Waals surface area contributed by atoms with E-state index in [9.17, 15) is 19.2 Å². The molecular formula is C32H33N7O7. The first-order chi connectivity index (χ1) is 21.9. The second kappa shape index (κ2) is 12.8. The zero-order chi connectivity index (χ0) is 33.2. The lowest BCUT2D eigenvalue weighted by molar-refractivity contribution is -0.122. The van der Waals surface area contributed by atoms with E-state index in [1.165, 1.54) is 6.20 Å². The van der Waals surface area contributed by atoms with Crippen LogP contribution in [-0.2, 0) is 21.5 Å². The van der Waals surface area contributed by atoms with Gasteiger partial charge >= 0.3 is 6.09 Å². The molecule has 0 bridgehead atoms. The number of ether oxygens (including phenoxy) is 1. The number of aromatic nitrogens is 5. The van der Waals surface area contributed by atoms with Gasteiger partial charge < -0.3 is 18.9 Å². The van der Waals surface area contributed by atoms with Crippen LogP contribution in [0.25, 0.3) is 22.5 Å². The van der Waals surface area contributed by atoms with Crippen molar-refractivity contribution in [2.75, 3.05) is 12.4 Å². The van der Waals surface area contributed by atoms with Gasteiger partial charge in [0.1, 0.15) is 29.0 Å². The molecule has 3 aromatic heterocycles. The quantitative estimate of drug-likeness (QED) is 0.211. The van der Waals surface area contributed by atoms with Gasteiger partial charge in [-0.3, -0.25) is 24.3 Å². The monoisotopic (exact) mass is 627 g/mol. The highest BCUT2D eigenvalue weighted by molar-refractivity contribution is 5.98. The minimum absolute atomic E-state index is 0.105. The van der Waals surface area contributed by atoms with Gasteiger partial charge in [0.2, 0.25) is 23.5 Å². The molecule has 2 amide bonds. The molecule has 0 radical (unpaired) electrons. The summed E-state index contributed by atoms with van der Waals surface area (Å²) in [6.45, 7) is 8.50. The molecule has 2 aromatic carbocycles. The van der Waals surface area contributed by atoms with Gasteiger partial charge in [0.15, 0.2) is 5.58 Å². The molecule has 0 aliphatic rings. The molecule has 0 saturated heterocycles. The number of aryl methyl sites for hydroxylation is 1. The van der Waals surface area contributed by atoms with Crippen molar-refractivity contribution < 1.29 is 28.0 Å². The van der Waals surface area contributed by atoms with Crippen molar-refractivity contribution in [2.45, 2.75) is 52.6 Å². The van der Waals surface area contributed by atoms with Crippen LogP contribution >= 0.6 is 0 Å². The molecule has 238 valence electrons. The lowest BCUT2D eigenvalue weighted by Gasteiger charge is -2.21. The third-order valence-electron chi connectivity index (χ3n) is 7.32. The number of anilines is 1. The van der Waals surface area contributed by atoms with Crippen LogP contribution in [0.15, 0.2) is 68.4 Å². The van der Waals surface area contributed by atoms with Gasteiger partial charge in [-0.1, -0.05) is 50.2 Å². The number of hydrogen-bond donors (Lipinski definition) is 2. The fraction of sp³-hybridized carbons (Fsp3) is 0.312. The molecule has 0 aliphatic carbocycles. The SMILES string of the molecule is COC(=O)Nc1cnc(-c2ccccc2)n(CC(=O)N[C@H](C(=O)c2nnc(C(C)(C)c3nc4ccc(C)cc4o3)o2)C(C)C)c1=O. The predicted octanol–water partition coefficient (Wildman–Crippen LogP) is 4.27. The number of carbonyl (C=O) groups is 3. The highest BCUT2D eigenvalue weighted by Crippen LogP contribution is 2.32. The maximum atomic E-state index is 13.6. The summed E-state index contributed by atoms with van der Waals surface area (Å²) < 4.78 is 17.5. The van der Waals surface area contributed by atoms with Gasteiger partial charge in [-0.25, -0.2) is 14.8 Å². The van der Waals surface area contributed by atoms with Gasteiger partial charge in [-0.2, -0.15) is 0 Å². The Morgan fingerprint density at radius 3 is 2.46 bits per heavy atom. The number of nitrogens with zero attached hydrogens (tertiary/aromatic N) is 5. The van der Waals surface area contributed by atoms with E-state index in [1.54, 1.807) is 58.0 Å². The number of nitrogens with one attached hydrogen (secondary N) is 2. The van der Waals surface area contributed by atoms with E-state index in [1.807, 2.05) is 25.1 Å². The third-order valence-corrected chi connectivity index (χ3v) is 7.32. The molecule has 5 rings (SSSR count). The van der Waals surface area contributed by atoms with Gasteiger partial charge in [0, 0.05) is 5.56 Å². The number of ketones is 1. The van der Waals surface area contributed by atoms with Crippen LogP contribution < -0.4 is 16.2 Å². The highest BCUT2D eigenvalue weighted by Gasteiger charge is 2.37. The number of hydrogen-bond acceptors (Lipinski definition) is 11. The van der Waals surface area contributed by atoms with Crippen LogP contribution in [-0.4, -0.2) is 55.7 Å². The summed E-state index contributed by atoms with van der Waals surface area (Å²) in [5.41, 5.74) is 0.999. The number of Topliss-reactive ketones (excluding diaryl/α,β-unsaturated/α-hetero) is 1. The second-order valence-corrected chi connectivity index (χ2v) is 11.6. The Hall–Kier alpha value is -5.66.